The monoisotopic (exact) mass is 456 g/mol. The molecule has 0 bridgehead atoms. The van der Waals surface area contributed by atoms with Crippen molar-refractivity contribution in [3.8, 4) is 6.07 Å². The second kappa shape index (κ2) is 11.2. The van der Waals surface area contributed by atoms with Crippen molar-refractivity contribution in [2.45, 2.75) is 82.5 Å². The normalized spacial score (nSPS) is 18.0. The van der Waals surface area contributed by atoms with Gasteiger partial charge < -0.3 is 0 Å². The van der Waals surface area contributed by atoms with Gasteiger partial charge in [0.05, 0.1) is 17.0 Å². The Labute approximate surface area is 196 Å². The highest BCUT2D eigenvalue weighted by atomic mass is 19.4. The van der Waals surface area contributed by atoms with Gasteiger partial charge in [-0.15, -0.1) is 0 Å². The van der Waals surface area contributed by atoms with Gasteiger partial charge in [0, 0.05) is 12.6 Å². The van der Waals surface area contributed by atoms with Gasteiger partial charge in [-0.25, -0.2) is 0 Å². The Balaban J connectivity index is 1.84. The minimum absolute atomic E-state index is 0.185. The average molecular weight is 457 g/mol. The molecule has 2 aromatic rings. The molecule has 2 unspecified atom stereocenters. The molecule has 0 N–H and O–H groups in total. The minimum Gasteiger partial charge on any atom is -0.299 e. The van der Waals surface area contributed by atoms with Crippen LogP contribution in [0, 0.1) is 17.2 Å². The van der Waals surface area contributed by atoms with Crippen LogP contribution in [0.2, 0.25) is 0 Å². The summed E-state index contributed by atoms with van der Waals surface area (Å²) >= 11 is 0. The second-order valence-electron chi connectivity index (χ2n) is 9.49. The van der Waals surface area contributed by atoms with E-state index in [2.05, 4.69) is 37.1 Å². The maximum Gasteiger partial charge on any atom is 0.416 e. The van der Waals surface area contributed by atoms with E-state index in [1.807, 2.05) is 18.2 Å². The molecule has 3 rings (SSSR count). The first-order chi connectivity index (χ1) is 15.8. The zero-order chi connectivity index (χ0) is 23.9. The predicted octanol–water partition coefficient (Wildman–Crippen LogP) is 7.74. The Hall–Kier alpha value is -2.32. The van der Waals surface area contributed by atoms with Crippen LogP contribution in [0.3, 0.4) is 0 Å². The molecule has 0 amide bonds. The van der Waals surface area contributed by atoms with Gasteiger partial charge in [0.2, 0.25) is 0 Å². The first-order valence-corrected chi connectivity index (χ1v) is 12.1. The quantitative estimate of drug-likeness (QED) is 0.386. The van der Waals surface area contributed by atoms with Crippen LogP contribution < -0.4 is 0 Å². The van der Waals surface area contributed by atoms with E-state index < -0.39 is 17.2 Å². The van der Waals surface area contributed by atoms with Crippen LogP contribution in [0.1, 0.15) is 75.0 Å². The van der Waals surface area contributed by atoms with Crippen LogP contribution in [-0.2, 0) is 18.1 Å². The standard InChI is InChI=1S/C28H35F3N2/c1-3-26(33(2)20-22-10-6-4-7-11-22)18-19-27(21-32,23-12-8-5-9-13-23)24-14-16-25(17-15-24)28(29,30)31/h4,6-7,10-11,14-17,23,26H,3,5,8-9,12-13,18-20H2,1-2H3. The summed E-state index contributed by atoms with van der Waals surface area (Å²) < 4.78 is 39.4. The SMILES string of the molecule is CCC(CCC(C#N)(c1ccc(C(F)(F)F)cc1)C1CCCCC1)N(C)Cc1ccccc1. The van der Waals surface area contributed by atoms with Gasteiger partial charge in [0.25, 0.3) is 0 Å². The van der Waals surface area contributed by atoms with Crippen molar-refractivity contribution in [3.63, 3.8) is 0 Å². The van der Waals surface area contributed by atoms with Crippen molar-refractivity contribution in [1.82, 2.24) is 4.90 Å². The number of hydrogen-bond acceptors (Lipinski definition) is 2. The smallest absolute Gasteiger partial charge is 0.299 e. The van der Waals surface area contributed by atoms with Gasteiger partial charge in [-0.1, -0.05) is 68.7 Å². The molecule has 178 valence electrons. The van der Waals surface area contributed by atoms with Crippen molar-refractivity contribution in [1.29, 1.82) is 5.26 Å². The summed E-state index contributed by atoms with van der Waals surface area (Å²) in [5.41, 5.74) is 0.590. The lowest BCUT2D eigenvalue weighted by Gasteiger charge is -2.40. The van der Waals surface area contributed by atoms with E-state index in [4.69, 9.17) is 0 Å². The van der Waals surface area contributed by atoms with Gasteiger partial charge in [-0.3, -0.25) is 4.90 Å². The second-order valence-corrected chi connectivity index (χ2v) is 9.49. The summed E-state index contributed by atoms with van der Waals surface area (Å²) in [4.78, 5) is 2.34. The van der Waals surface area contributed by atoms with Crippen molar-refractivity contribution >= 4 is 0 Å². The van der Waals surface area contributed by atoms with Crippen molar-refractivity contribution < 1.29 is 13.2 Å². The summed E-state index contributed by atoms with van der Waals surface area (Å²) in [5, 5.41) is 10.5. The van der Waals surface area contributed by atoms with E-state index in [-0.39, 0.29) is 5.92 Å². The number of nitriles is 1. The van der Waals surface area contributed by atoms with Crippen LogP contribution in [0.5, 0.6) is 0 Å². The molecule has 0 aliphatic heterocycles. The van der Waals surface area contributed by atoms with E-state index in [1.54, 1.807) is 12.1 Å². The molecule has 2 atom stereocenters. The molecule has 2 aromatic carbocycles. The largest absolute Gasteiger partial charge is 0.416 e. The molecular formula is C28H35F3N2. The van der Waals surface area contributed by atoms with E-state index in [0.717, 1.165) is 62.8 Å². The number of halogens is 3. The molecule has 1 saturated carbocycles. The Morgan fingerprint density at radius 3 is 2.12 bits per heavy atom. The van der Waals surface area contributed by atoms with Gasteiger partial charge in [0.1, 0.15) is 0 Å². The molecule has 1 fully saturated rings. The summed E-state index contributed by atoms with van der Waals surface area (Å²) in [6.07, 6.45) is 3.36. The van der Waals surface area contributed by atoms with Crippen molar-refractivity contribution in [2.75, 3.05) is 7.05 Å². The van der Waals surface area contributed by atoms with Crippen LogP contribution in [0.25, 0.3) is 0 Å². The van der Waals surface area contributed by atoms with Crippen LogP contribution in [0.4, 0.5) is 13.2 Å². The minimum atomic E-state index is -4.37. The van der Waals surface area contributed by atoms with Gasteiger partial charge in [-0.05, 0) is 68.3 Å². The summed E-state index contributed by atoms with van der Waals surface area (Å²) in [6.45, 7) is 3.00. The lowest BCUT2D eigenvalue weighted by Crippen LogP contribution is -2.38. The fourth-order valence-electron chi connectivity index (χ4n) is 5.48. The molecule has 0 saturated heterocycles. The molecule has 1 aliphatic carbocycles. The van der Waals surface area contributed by atoms with Gasteiger partial charge in [0.15, 0.2) is 0 Å². The number of rotatable bonds is 9. The number of benzene rings is 2. The Bertz CT molecular complexity index is 895. The third-order valence-corrected chi connectivity index (χ3v) is 7.47. The summed E-state index contributed by atoms with van der Waals surface area (Å²) in [6, 6.07) is 18.6. The average Bonchev–Trinajstić information content (AvgIpc) is 2.83. The van der Waals surface area contributed by atoms with E-state index in [9.17, 15) is 18.4 Å². The molecule has 2 nitrogen and oxygen atoms in total. The maximum absolute atomic E-state index is 13.1. The van der Waals surface area contributed by atoms with E-state index in [1.165, 1.54) is 12.0 Å². The molecule has 0 radical (unpaired) electrons. The zero-order valence-electron chi connectivity index (χ0n) is 19.7. The molecule has 0 spiro atoms. The molecule has 0 aromatic heterocycles. The molecule has 1 aliphatic rings. The maximum atomic E-state index is 13.1. The fourth-order valence-corrected chi connectivity index (χ4v) is 5.48. The lowest BCUT2D eigenvalue weighted by molar-refractivity contribution is -0.137. The van der Waals surface area contributed by atoms with E-state index >= 15 is 0 Å². The fraction of sp³-hybridized carbons (Fsp3) is 0.536. The molecule has 33 heavy (non-hydrogen) atoms. The number of hydrogen-bond donors (Lipinski definition) is 0. The lowest BCUT2D eigenvalue weighted by atomic mass is 9.63. The topological polar surface area (TPSA) is 27.0 Å². The summed E-state index contributed by atoms with van der Waals surface area (Å²) in [7, 11) is 2.12. The Morgan fingerprint density at radius 1 is 0.970 bits per heavy atom. The van der Waals surface area contributed by atoms with Gasteiger partial charge in [-0.2, -0.15) is 18.4 Å². The molecule has 0 heterocycles. The van der Waals surface area contributed by atoms with E-state index in [0.29, 0.717) is 12.5 Å². The predicted molar refractivity (Wildman–Crippen MR) is 127 cm³/mol. The highest BCUT2D eigenvalue weighted by molar-refractivity contribution is 5.37. The van der Waals surface area contributed by atoms with Crippen LogP contribution in [-0.4, -0.2) is 18.0 Å². The number of alkyl halides is 3. The summed E-state index contributed by atoms with van der Waals surface area (Å²) in [5.74, 6) is 0.185. The third-order valence-electron chi connectivity index (χ3n) is 7.47. The highest BCUT2D eigenvalue weighted by Gasteiger charge is 2.42. The third kappa shape index (κ3) is 6.18. The van der Waals surface area contributed by atoms with Crippen molar-refractivity contribution in [2.24, 2.45) is 5.92 Å². The van der Waals surface area contributed by atoms with Crippen LogP contribution in [0.15, 0.2) is 54.6 Å². The van der Waals surface area contributed by atoms with Gasteiger partial charge >= 0.3 is 6.18 Å². The highest BCUT2D eigenvalue weighted by Crippen LogP contribution is 2.45. The number of nitrogens with zero attached hydrogens (tertiary/aromatic N) is 2. The Kier molecular flexibility index (Phi) is 8.59. The molecular weight excluding hydrogens is 421 g/mol. The van der Waals surface area contributed by atoms with Crippen LogP contribution >= 0.6 is 0 Å². The Morgan fingerprint density at radius 2 is 1.58 bits per heavy atom. The van der Waals surface area contributed by atoms with Crippen molar-refractivity contribution in [3.05, 3.63) is 71.3 Å². The first kappa shape index (κ1) is 25.3. The zero-order valence-corrected chi connectivity index (χ0v) is 19.7. The molecule has 5 heteroatoms. The first-order valence-electron chi connectivity index (χ1n) is 12.1.